The predicted octanol–water partition coefficient (Wildman–Crippen LogP) is 1.47. The SMILES string of the molecule is CC(OC(=O)c1ccc(S(N)(=O)=O)cc1)C(=O)N1CCc2ccccc21. The van der Waals surface area contributed by atoms with Gasteiger partial charge < -0.3 is 9.64 Å². The van der Waals surface area contributed by atoms with E-state index in [1.165, 1.54) is 31.2 Å². The standard InChI is InChI=1S/C18H18N2O5S/c1-12(17(21)20-11-10-13-4-2-3-5-16(13)20)25-18(22)14-6-8-15(9-7-14)26(19,23)24/h2-9,12H,10-11H2,1H3,(H2,19,23,24). The third-order valence-electron chi connectivity index (χ3n) is 4.20. The molecule has 2 N–H and O–H groups in total. The topological polar surface area (TPSA) is 107 Å². The fourth-order valence-electron chi connectivity index (χ4n) is 2.85. The molecule has 0 fully saturated rings. The number of para-hydroxylation sites is 1. The number of hydrogen-bond acceptors (Lipinski definition) is 5. The molecule has 1 aliphatic rings. The van der Waals surface area contributed by atoms with E-state index >= 15 is 0 Å². The first-order valence-electron chi connectivity index (χ1n) is 8.00. The van der Waals surface area contributed by atoms with Crippen LogP contribution in [0.5, 0.6) is 0 Å². The number of esters is 1. The molecular weight excluding hydrogens is 356 g/mol. The molecule has 8 heteroatoms. The van der Waals surface area contributed by atoms with Gasteiger partial charge in [0.05, 0.1) is 10.5 Å². The minimum atomic E-state index is -3.83. The van der Waals surface area contributed by atoms with Gasteiger partial charge in [-0.15, -0.1) is 0 Å². The number of rotatable bonds is 4. The van der Waals surface area contributed by atoms with E-state index in [1.54, 1.807) is 4.90 Å². The fraction of sp³-hybridized carbons (Fsp3) is 0.222. The first-order chi connectivity index (χ1) is 12.3. The summed E-state index contributed by atoms with van der Waals surface area (Å²) >= 11 is 0. The molecule has 1 heterocycles. The largest absolute Gasteiger partial charge is 0.449 e. The smallest absolute Gasteiger partial charge is 0.338 e. The van der Waals surface area contributed by atoms with Crippen molar-refractivity contribution in [2.75, 3.05) is 11.4 Å². The maximum Gasteiger partial charge on any atom is 0.338 e. The lowest BCUT2D eigenvalue weighted by molar-refractivity contribution is -0.126. The monoisotopic (exact) mass is 374 g/mol. The highest BCUT2D eigenvalue weighted by atomic mass is 32.2. The molecule has 2 aromatic carbocycles. The van der Waals surface area contributed by atoms with E-state index in [0.29, 0.717) is 6.54 Å². The van der Waals surface area contributed by atoms with E-state index < -0.39 is 22.1 Å². The molecule has 0 bridgehead atoms. The van der Waals surface area contributed by atoms with Gasteiger partial charge in [-0.3, -0.25) is 4.79 Å². The number of carbonyl (C=O) groups excluding carboxylic acids is 2. The van der Waals surface area contributed by atoms with E-state index in [9.17, 15) is 18.0 Å². The first kappa shape index (κ1) is 18.1. The molecule has 3 rings (SSSR count). The number of nitrogens with two attached hydrogens (primary N) is 1. The van der Waals surface area contributed by atoms with Crippen LogP contribution >= 0.6 is 0 Å². The Hall–Kier alpha value is -2.71. The second kappa shape index (κ2) is 6.89. The Morgan fingerprint density at radius 1 is 1.12 bits per heavy atom. The summed E-state index contributed by atoms with van der Waals surface area (Å²) in [5.74, 6) is -1.01. The third kappa shape index (κ3) is 3.61. The van der Waals surface area contributed by atoms with Crippen LogP contribution in [0.3, 0.4) is 0 Å². The van der Waals surface area contributed by atoms with Crippen LogP contribution in [-0.4, -0.2) is 32.9 Å². The lowest BCUT2D eigenvalue weighted by atomic mass is 10.2. The number of sulfonamides is 1. The Balaban J connectivity index is 1.69. The van der Waals surface area contributed by atoms with Gasteiger partial charge in [-0.05, 0) is 49.2 Å². The molecule has 0 saturated heterocycles. The molecular formula is C18H18N2O5S. The minimum absolute atomic E-state index is 0.105. The van der Waals surface area contributed by atoms with Crippen molar-refractivity contribution < 1.29 is 22.7 Å². The lowest BCUT2D eigenvalue weighted by Crippen LogP contribution is -2.39. The van der Waals surface area contributed by atoms with Gasteiger partial charge in [0, 0.05) is 12.2 Å². The molecule has 0 spiro atoms. The second-order valence-corrected chi connectivity index (χ2v) is 7.55. The molecule has 0 aliphatic carbocycles. The molecule has 0 aromatic heterocycles. The van der Waals surface area contributed by atoms with Crippen LogP contribution in [0.1, 0.15) is 22.8 Å². The molecule has 1 atom stereocenters. The summed E-state index contributed by atoms with van der Waals surface area (Å²) in [5, 5.41) is 5.02. The number of anilines is 1. The van der Waals surface area contributed by atoms with Gasteiger partial charge in [0.15, 0.2) is 6.10 Å². The van der Waals surface area contributed by atoms with Crippen molar-refractivity contribution in [2.45, 2.75) is 24.3 Å². The number of nitrogens with zero attached hydrogens (tertiary/aromatic N) is 1. The van der Waals surface area contributed by atoms with Crippen molar-refractivity contribution in [2.24, 2.45) is 5.14 Å². The van der Waals surface area contributed by atoms with Gasteiger partial charge in [-0.25, -0.2) is 18.4 Å². The zero-order valence-corrected chi connectivity index (χ0v) is 14.9. The Morgan fingerprint density at radius 2 is 1.77 bits per heavy atom. The van der Waals surface area contributed by atoms with Crippen molar-refractivity contribution in [1.29, 1.82) is 0 Å². The zero-order chi connectivity index (χ0) is 18.9. The number of hydrogen-bond donors (Lipinski definition) is 1. The van der Waals surface area contributed by atoms with Crippen LogP contribution in [-0.2, 0) is 26.0 Å². The van der Waals surface area contributed by atoms with Crippen molar-refractivity contribution in [3.8, 4) is 0 Å². The van der Waals surface area contributed by atoms with Gasteiger partial charge in [-0.2, -0.15) is 0 Å². The van der Waals surface area contributed by atoms with Gasteiger partial charge in [0.2, 0.25) is 10.0 Å². The number of amides is 1. The van der Waals surface area contributed by atoms with Crippen LogP contribution in [0.15, 0.2) is 53.4 Å². The maximum absolute atomic E-state index is 12.6. The number of carbonyl (C=O) groups is 2. The Morgan fingerprint density at radius 3 is 2.42 bits per heavy atom. The van der Waals surface area contributed by atoms with Crippen LogP contribution in [0.25, 0.3) is 0 Å². The number of ether oxygens (including phenoxy) is 1. The molecule has 1 aliphatic heterocycles. The summed E-state index contributed by atoms with van der Waals surface area (Å²) in [5.41, 5.74) is 2.05. The normalized spacial score (nSPS) is 14.6. The van der Waals surface area contributed by atoms with Crippen LogP contribution in [0.4, 0.5) is 5.69 Å². The van der Waals surface area contributed by atoms with E-state index in [4.69, 9.17) is 9.88 Å². The Bertz CT molecular complexity index is 954. The Labute approximate surface area is 151 Å². The lowest BCUT2D eigenvalue weighted by Gasteiger charge is -2.21. The molecule has 1 unspecified atom stereocenters. The molecule has 2 aromatic rings. The van der Waals surface area contributed by atoms with Crippen molar-refractivity contribution in [3.63, 3.8) is 0 Å². The van der Waals surface area contributed by atoms with E-state index in [-0.39, 0.29) is 16.4 Å². The predicted molar refractivity (Wildman–Crippen MR) is 95.2 cm³/mol. The highest BCUT2D eigenvalue weighted by Gasteiger charge is 2.30. The van der Waals surface area contributed by atoms with E-state index in [1.807, 2.05) is 24.3 Å². The summed E-state index contributed by atoms with van der Waals surface area (Å²) in [6.07, 6.45) is -0.205. The highest BCUT2D eigenvalue weighted by molar-refractivity contribution is 7.89. The van der Waals surface area contributed by atoms with Gasteiger partial charge in [0.25, 0.3) is 5.91 Å². The minimum Gasteiger partial charge on any atom is -0.449 e. The zero-order valence-electron chi connectivity index (χ0n) is 14.1. The molecule has 1 amide bonds. The van der Waals surface area contributed by atoms with Gasteiger partial charge in [0.1, 0.15) is 0 Å². The van der Waals surface area contributed by atoms with Gasteiger partial charge >= 0.3 is 5.97 Å². The molecule has 0 radical (unpaired) electrons. The number of primary sulfonamides is 1. The summed E-state index contributed by atoms with van der Waals surface area (Å²) in [7, 11) is -3.83. The average molecular weight is 374 g/mol. The number of fused-ring (bicyclic) bond motifs is 1. The maximum atomic E-state index is 12.6. The highest BCUT2D eigenvalue weighted by Crippen LogP contribution is 2.28. The van der Waals surface area contributed by atoms with Crippen molar-refractivity contribution in [3.05, 3.63) is 59.7 Å². The summed E-state index contributed by atoms with van der Waals surface area (Å²) in [6.45, 7) is 2.06. The first-order valence-corrected chi connectivity index (χ1v) is 9.55. The van der Waals surface area contributed by atoms with Crippen molar-refractivity contribution >= 4 is 27.6 Å². The average Bonchev–Trinajstić information content (AvgIpc) is 3.04. The molecule has 7 nitrogen and oxygen atoms in total. The van der Waals surface area contributed by atoms with Crippen LogP contribution < -0.4 is 10.0 Å². The van der Waals surface area contributed by atoms with E-state index in [0.717, 1.165) is 17.7 Å². The summed E-state index contributed by atoms with van der Waals surface area (Å²) in [6, 6.07) is 12.6. The summed E-state index contributed by atoms with van der Waals surface area (Å²) < 4.78 is 27.7. The van der Waals surface area contributed by atoms with Gasteiger partial charge in [-0.1, -0.05) is 18.2 Å². The molecule has 0 saturated carbocycles. The third-order valence-corrected chi connectivity index (χ3v) is 5.13. The van der Waals surface area contributed by atoms with Crippen molar-refractivity contribution in [1.82, 2.24) is 0 Å². The fourth-order valence-corrected chi connectivity index (χ4v) is 3.36. The molecule has 26 heavy (non-hydrogen) atoms. The van der Waals surface area contributed by atoms with Crippen LogP contribution in [0.2, 0.25) is 0 Å². The Kier molecular flexibility index (Phi) is 4.80. The summed E-state index contributed by atoms with van der Waals surface area (Å²) in [4.78, 5) is 26.3. The van der Waals surface area contributed by atoms with Crippen LogP contribution in [0, 0.1) is 0 Å². The van der Waals surface area contributed by atoms with E-state index in [2.05, 4.69) is 0 Å². The second-order valence-electron chi connectivity index (χ2n) is 5.99. The molecule has 136 valence electrons. The number of benzene rings is 2. The quantitative estimate of drug-likeness (QED) is 0.816.